The number of imidazole rings is 2. The van der Waals surface area contributed by atoms with Gasteiger partial charge in [0.25, 0.3) is 0 Å². The first-order valence-electron chi connectivity index (χ1n) is 11.3. The van der Waals surface area contributed by atoms with Gasteiger partial charge in [0.2, 0.25) is 5.91 Å². The summed E-state index contributed by atoms with van der Waals surface area (Å²) in [4.78, 5) is 28.0. The highest BCUT2D eigenvalue weighted by Crippen LogP contribution is 2.31. The molecule has 0 radical (unpaired) electrons. The van der Waals surface area contributed by atoms with E-state index in [1.165, 1.54) is 5.52 Å². The summed E-state index contributed by atoms with van der Waals surface area (Å²) < 4.78 is 2.35. The summed E-state index contributed by atoms with van der Waals surface area (Å²) in [6.07, 6.45) is 3.21. The lowest BCUT2D eigenvalue weighted by Gasteiger charge is -2.33. The van der Waals surface area contributed by atoms with Crippen LogP contribution in [-0.2, 0) is 11.2 Å². The van der Waals surface area contributed by atoms with Crippen molar-refractivity contribution < 1.29 is 4.79 Å². The smallest absolute Gasteiger partial charge is 0.223 e. The van der Waals surface area contributed by atoms with Crippen molar-refractivity contribution in [1.82, 2.24) is 24.4 Å². The first kappa shape index (κ1) is 19.8. The number of aromatic amines is 1. The first-order valence-corrected chi connectivity index (χ1v) is 11.3. The quantitative estimate of drug-likeness (QED) is 0.508. The number of piperidine rings is 1. The number of H-pyrrole nitrogens is 1. The molecule has 0 aliphatic carbocycles. The fraction of sp³-hybridized carbons (Fsp3) is 0.400. The Bertz CT molecular complexity index is 1190. The highest BCUT2D eigenvalue weighted by molar-refractivity contribution is 5.78. The zero-order valence-electron chi connectivity index (χ0n) is 18.2. The lowest BCUT2D eigenvalue weighted by atomic mass is 9.96. The van der Waals surface area contributed by atoms with E-state index in [4.69, 9.17) is 4.98 Å². The van der Waals surface area contributed by atoms with Crippen LogP contribution in [0.2, 0.25) is 0 Å². The van der Waals surface area contributed by atoms with Gasteiger partial charge in [-0.2, -0.15) is 0 Å². The van der Waals surface area contributed by atoms with Crippen molar-refractivity contribution in [3.63, 3.8) is 0 Å². The van der Waals surface area contributed by atoms with Gasteiger partial charge in [0.1, 0.15) is 11.6 Å². The third-order valence-corrected chi connectivity index (χ3v) is 6.29. The highest BCUT2D eigenvalue weighted by atomic mass is 16.2. The van der Waals surface area contributed by atoms with Gasteiger partial charge in [0.05, 0.1) is 22.1 Å². The summed E-state index contributed by atoms with van der Waals surface area (Å²) in [7, 11) is 0. The Morgan fingerprint density at radius 2 is 1.87 bits per heavy atom. The molecule has 4 aromatic rings. The second kappa shape index (κ2) is 8.17. The fourth-order valence-corrected chi connectivity index (χ4v) is 4.82. The predicted octanol–water partition coefficient (Wildman–Crippen LogP) is 4.83. The van der Waals surface area contributed by atoms with E-state index in [1.54, 1.807) is 0 Å². The minimum atomic E-state index is 0.206. The maximum Gasteiger partial charge on any atom is 0.223 e. The number of carbonyl (C=O) groups is 1. The number of rotatable bonds is 5. The molecule has 1 N–H and O–H groups in total. The van der Waals surface area contributed by atoms with Crippen molar-refractivity contribution in [2.45, 2.75) is 51.5 Å². The van der Waals surface area contributed by atoms with E-state index in [0.717, 1.165) is 54.1 Å². The third kappa shape index (κ3) is 3.82. The molecular formula is C25H29N5O. The molecule has 0 bridgehead atoms. The van der Waals surface area contributed by atoms with E-state index >= 15 is 0 Å². The normalized spacial score (nSPS) is 17.1. The molecule has 1 atom stereocenters. The Kier molecular flexibility index (Phi) is 5.22. The molecular weight excluding hydrogens is 386 g/mol. The Hall–Kier alpha value is -3.15. The second-order valence-corrected chi connectivity index (χ2v) is 8.80. The SMILES string of the molecule is CC(C)n1c([C@@H]2CCCN(C(=O)CCc3nc4ccccc4[nH]3)C2)nc2ccccc21. The molecule has 2 aromatic heterocycles. The molecule has 1 amide bonds. The fourth-order valence-electron chi connectivity index (χ4n) is 4.82. The molecule has 2 aromatic carbocycles. The average Bonchev–Trinajstić information content (AvgIpc) is 3.38. The number of benzene rings is 2. The van der Waals surface area contributed by atoms with Crippen LogP contribution >= 0.6 is 0 Å². The molecule has 1 aliphatic heterocycles. The monoisotopic (exact) mass is 415 g/mol. The summed E-state index contributed by atoms with van der Waals surface area (Å²) in [5, 5.41) is 0. The van der Waals surface area contributed by atoms with Gasteiger partial charge in [0, 0.05) is 37.9 Å². The maximum atomic E-state index is 13.0. The Balaban J connectivity index is 1.30. The second-order valence-electron chi connectivity index (χ2n) is 8.80. The largest absolute Gasteiger partial charge is 0.342 e. The van der Waals surface area contributed by atoms with Crippen LogP contribution in [-0.4, -0.2) is 43.4 Å². The zero-order valence-corrected chi connectivity index (χ0v) is 18.2. The van der Waals surface area contributed by atoms with E-state index in [2.05, 4.69) is 46.6 Å². The molecule has 0 unspecified atom stereocenters. The number of nitrogens with one attached hydrogen (secondary N) is 1. The van der Waals surface area contributed by atoms with Crippen LogP contribution in [0.1, 0.15) is 56.7 Å². The molecule has 0 saturated carbocycles. The molecule has 3 heterocycles. The highest BCUT2D eigenvalue weighted by Gasteiger charge is 2.29. The number of nitrogens with zero attached hydrogens (tertiary/aromatic N) is 4. The molecule has 31 heavy (non-hydrogen) atoms. The number of amides is 1. The van der Waals surface area contributed by atoms with Gasteiger partial charge >= 0.3 is 0 Å². The predicted molar refractivity (Wildman–Crippen MR) is 123 cm³/mol. The number of hydrogen-bond acceptors (Lipinski definition) is 3. The average molecular weight is 416 g/mol. The van der Waals surface area contributed by atoms with E-state index in [1.807, 2.05) is 35.2 Å². The van der Waals surface area contributed by atoms with Crippen molar-refractivity contribution in [1.29, 1.82) is 0 Å². The minimum absolute atomic E-state index is 0.206. The lowest BCUT2D eigenvalue weighted by Crippen LogP contribution is -2.40. The van der Waals surface area contributed by atoms with Gasteiger partial charge in [-0.15, -0.1) is 0 Å². The third-order valence-electron chi connectivity index (χ3n) is 6.29. The Morgan fingerprint density at radius 3 is 2.68 bits per heavy atom. The van der Waals surface area contributed by atoms with Crippen LogP contribution in [0, 0.1) is 0 Å². The van der Waals surface area contributed by atoms with Gasteiger partial charge in [0.15, 0.2) is 0 Å². The maximum absolute atomic E-state index is 13.0. The van der Waals surface area contributed by atoms with Crippen molar-refractivity contribution >= 4 is 28.0 Å². The number of likely N-dealkylation sites (tertiary alicyclic amines) is 1. The molecule has 1 fully saturated rings. The van der Waals surface area contributed by atoms with Crippen molar-refractivity contribution in [2.24, 2.45) is 0 Å². The molecule has 6 nitrogen and oxygen atoms in total. The number of aryl methyl sites for hydroxylation is 1. The van der Waals surface area contributed by atoms with Crippen molar-refractivity contribution in [2.75, 3.05) is 13.1 Å². The standard InChI is InChI=1S/C25H29N5O/c1-17(2)30-22-12-6-5-11-21(22)28-25(30)18-8-7-15-29(16-18)24(31)14-13-23-26-19-9-3-4-10-20(19)27-23/h3-6,9-12,17-18H,7-8,13-16H2,1-2H3,(H,26,27)/t18-/m1/s1. The van der Waals surface area contributed by atoms with Crippen molar-refractivity contribution in [3.05, 3.63) is 60.2 Å². The van der Waals surface area contributed by atoms with Gasteiger partial charge in [-0.25, -0.2) is 9.97 Å². The number of aromatic nitrogens is 4. The van der Waals surface area contributed by atoms with Crippen molar-refractivity contribution in [3.8, 4) is 0 Å². The van der Waals surface area contributed by atoms with Crippen LogP contribution in [0.5, 0.6) is 0 Å². The van der Waals surface area contributed by atoms with E-state index in [9.17, 15) is 4.79 Å². The molecule has 1 aliphatic rings. The van der Waals surface area contributed by atoms with E-state index < -0.39 is 0 Å². The summed E-state index contributed by atoms with van der Waals surface area (Å²) in [5.41, 5.74) is 4.20. The van der Waals surface area contributed by atoms with E-state index in [0.29, 0.717) is 18.9 Å². The Morgan fingerprint density at radius 1 is 1.10 bits per heavy atom. The Labute approximate surface area is 182 Å². The summed E-state index contributed by atoms with van der Waals surface area (Å²) >= 11 is 0. The first-order chi connectivity index (χ1) is 15.1. The number of hydrogen-bond donors (Lipinski definition) is 1. The van der Waals surface area contributed by atoms with Gasteiger partial charge in [-0.3, -0.25) is 4.79 Å². The molecule has 0 spiro atoms. The topological polar surface area (TPSA) is 66.8 Å². The van der Waals surface area contributed by atoms with Gasteiger partial charge in [-0.05, 0) is 51.0 Å². The minimum Gasteiger partial charge on any atom is -0.342 e. The van der Waals surface area contributed by atoms with Crippen LogP contribution in [0.25, 0.3) is 22.1 Å². The molecule has 1 saturated heterocycles. The number of carbonyl (C=O) groups excluding carboxylic acids is 1. The van der Waals surface area contributed by atoms with E-state index in [-0.39, 0.29) is 11.8 Å². The van der Waals surface area contributed by atoms with Crippen LogP contribution < -0.4 is 0 Å². The van der Waals surface area contributed by atoms with Crippen LogP contribution in [0.15, 0.2) is 48.5 Å². The molecule has 160 valence electrons. The molecule has 6 heteroatoms. The summed E-state index contributed by atoms with van der Waals surface area (Å²) in [5.74, 6) is 2.48. The van der Waals surface area contributed by atoms with Gasteiger partial charge < -0.3 is 14.5 Å². The number of fused-ring (bicyclic) bond motifs is 2. The zero-order chi connectivity index (χ0) is 21.4. The summed E-state index contributed by atoms with van der Waals surface area (Å²) in [6.45, 7) is 5.99. The number of para-hydroxylation sites is 4. The van der Waals surface area contributed by atoms with Crippen LogP contribution in [0.3, 0.4) is 0 Å². The molecule has 5 rings (SSSR count). The lowest BCUT2D eigenvalue weighted by molar-refractivity contribution is -0.132. The van der Waals surface area contributed by atoms with Gasteiger partial charge in [-0.1, -0.05) is 24.3 Å². The summed E-state index contributed by atoms with van der Waals surface area (Å²) in [6, 6.07) is 16.7. The van der Waals surface area contributed by atoms with Crippen LogP contribution in [0.4, 0.5) is 0 Å².